The van der Waals surface area contributed by atoms with Gasteiger partial charge in [0.2, 0.25) is 17.7 Å². The van der Waals surface area contributed by atoms with Crippen LogP contribution >= 0.6 is 23.5 Å². The topological polar surface area (TPSA) is 66.5 Å². The molecule has 1 aromatic carbocycles. The zero-order chi connectivity index (χ0) is 18.8. The lowest BCUT2D eigenvalue weighted by Crippen LogP contribution is -2.38. The molecule has 3 aliphatic rings. The molecule has 0 bridgehead atoms. The first-order valence-electron chi connectivity index (χ1n) is 9.27. The van der Waals surface area contributed by atoms with E-state index in [1.54, 1.807) is 0 Å². The fourth-order valence-electron chi connectivity index (χ4n) is 3.81. The van der Waals surface area contributed by atoms with E-state index in [4.69, 9.17) is 0 Å². The van der Waals surface area contributed by atoms with Crippen LogP contribution in [0.15, 0.2) is 36.4 Å². The summed E-state index contributed by atoms with van der Waals surface area (Å²) >= 11 is 3.86. The Labute approximate surface area is 167 Å². The molecular weight excluding hydrogens is 380 g/mol. The number of imide groups is 1. The molecule has 0 unspecified atom stereocenters. The van der Waals surface area contributed by atoms with Gasteiger partial charge in [0.05, 0.1) is 16.4 Å². The zero-order valence-corrected chi connectivity index (χ0v) is 16.6. The van der Waals surface area contributed by atoms with Crippen LogP contribution < -0.4 is 5.32 Å². The van der Waals surface area contributed by atoms with Gasteiger partial charge in [-0.3, -0.25) is 19.3 Å². The van der Waals surface area contributed by atoms with Gasteiger partial charge in [0.25, 0.3) is 0 Å². The summed E-state index contributed by atoms with van der Waals surface area (Å²) in [5.41, 5.74) is 1.90. The Bertz CT molecular complexity index is 763. The highest BCUT2D eigenvalue weighted by Gasteiger charge is 2.47. The number of thioether (sulfide) groups is 2. The number of likely N-dealkylation sites (tertiary alicyclic amines) is 1. The Hall–Kier alpha value is -1.73. The molecule has 1 N–H and O–H groups in total. The first kappa shape index (κ1) is 18.6. The van der Waals surface area contributed by atoms with Crippen molar-refractivity contribution in [1.82, 2.24) is 4.90 Å². The molecule has 5 nitrogen and oxygen atoms in total. The van der Waals surface area contributed by atoms with Gasteiger partial charge in [-0.05, 0) is 48.5 Å². The minimum atomic E-state index is -0.329. The molecule has 0 radical (unpaired) electrons. The van der Waals surface area contributed by atoms with Gasteiger partial charge in [-0.2, -0.15) is 0 Å². The number of nitrogens with one attached hydrogen (secondary N) is 1. The molecule has 2 saturated heterocycles. The summed E-state index contributed by atoms with van der Waals surface area (Å²) in [6.45, 7) is -0.207. The van der Waals surface area contributed by atoms with E-state index in [0.717, 1.165) is 16.4 Å². The number of fused-ring (bicyclic) bond motifs is 1. The van der Waals surface area contributed by atoms with Crippen molar-refractivity contribution >= 4 is 46.9 Å². The van der Waals surface area contributed by atoms with E-state index in [9.17, 15) is 14.4 Å². The zero-order valence-electron chi connectivity index (χ0n) is 14.9. The lowest BCUT2D eigenvalue weighted by Gasteiger charge is -2.21. The van der Waals surface area contributed by atoms with Gasteiger partial charge in [0.1, 0.15) is 6.54 Å². The molecule has 3 amide bonds. The van der Waals surface area contributed by atoms with Crippen molar-refractivity contribution in [2.45, 2.75) is 23.8 Å². The normalized spacial score (nSPS) is 25.6. The van der Waals surface area contributed by atoms with Gasteiger partial charge in [-0.1, -0.05) is 24.3 Å². The van der Waals surface area contributed by atoms with Crippen LogP contribution in [0.25, 0.3) is 0 Å². The second-order valence-corrected chi connectivity index (χ2v) is 9.74. The smallest absolute Gasteiger partial charge is 0.244 e. The molecule has 0 saturated carbocycles. The molecule has 1 aromatic rings. The molecule has 1 aliphatic carbocycles. The Morgan fingerprint density at radius 3 is 2.41 bits per heavy atom. The lowest BCUT2D eigenvalue weighted by atomic mass is 9.85. The Morgan fingerprint density at radius 2 is 1.74 bits per heavy atom. The SMILES string of the molecule is O=C(CN1C(=O)[C@H]2CC=CC[C@@H]2C1=O)Nc1cccc(C2SCCCS2)c1. The van der Waals surface area contributed by atoms with Gasteiger partial charge in [0.15, 0.2) is 0 Å². The minimum Gasteiger partial charge on any atom is -0.325 e. The summed E-state index contributed by atoms with van der Waals surface area (Å²) in [4.78, 5) is 38.6. The summed E-state index contributed by atoms with van der Waals surface area (Å²) < 4.78 is 0.396. The van der Waals surface area contributed by atoms with Gasteiger partial charge in [-0.15, -0.1) is 23.5 Å². The molecule has 4 rings (SSSR count). The van der Waals surface area contributed by atoms with Gasteiger partial charge < -0.3 is 5.32 Å². The third-order valence-corrected chi connectivity index (χ3v) is 8.19. The van der Waals surface area contributed by atoms with Crippen molar-refractivity contribution in [2.24, 2.45) is 11.8 Å². The molecule has 2 atom stereocenters. The molecule has 142 valence electrons. The van der Waals surface area contributed by atoms with Crippen LogP contribution in [-0.4, -0.2) is 40.7 Å². The van der Waals surface area contributed by atoms with Crippen LogP contribution in [0.5, 0.6) is 0 Å². The molecule has 27 heavy (non-hydrogen) atoms. The van der Waals surface area contributed by atoms with Crippen LogP contribution in [0.3, 0.4) is 0 Å². The summed E-state index contributed by atoms with van der Waals surface area (Å²) in [6.07, 6.45) is 6.31. The Balaban J connectivity index is 1.40. The van der Waals surface area contributed by atoms with Crippen LogP contribution in [0.2, 0.25) is 0 Å². The fraction of sp³-hybridized carbons (Fsp3) is 0.450. The van der Waals surface area contributed by atoms with Gasteiger partial charge in [0, 0.05) is 5.69 Å². The second kappa shape index (κ2) is 8.10. The van der Waals surface area contributed by atoms with E-state index in [0.29, 0.717) is 23.1 Å². The number of hydrogen-bond donors (Lipinski definition) is 1. The van der Waals surface area contributed by atoms with Crippen LogP contribution in [0, 0.1) is 11.8 Å². The highest BCUT2D eigenvalue weighted by molar-refractivity contribution is 8.16. The van der Waals surface area contributed by atoms with Crippen molar-refractivity contribution < 1.29 is 14.4 Å². The van der Waals surface area contributed by atoms with Gasteiger partial charge in [-0.25, -0.2) is 0 Å². The summed E-state index contributed by atoms with van der Waals surface area (Å²) in [5.74, 6) is 0.971. The number of carbonyl (C=O) groups is 3. The highest BCUT2D eigenvalue weighted by atomic mass is 32.2. The largest absolute Gasteiger partial charge is 0.325 e. The predicted octanol–water partition coefficient (Wildman–Crippen LogP) is 3.45. The van der Waals surface area contributed by atoms with Crippen LogP contribution in [-0.2, 0) is 14.4 Å². The number of benzene rings is 1. The lowest BCUT2D eigenvalue weighted by molar-refractivity contribution is -0.142. The second-order valence-electron chi connectivity index (χ2n) is 7.02. The molecule has 7 heteroatoms. The predicted molar refractivity (Wildman–Crippen MR) is 109 cm³/mol. The number of allylic oxidation sites excluding steroid dienone is 2. The number of amides is 3. The Morgan fingerprint density at radius 1 is 1.07 bits per heavy atom. The molecule has 0 aromatic heterocycles. The molecule has 2 fully saturated rings. The fourth-order valence-corrected chi connectivity index (χ4v) is 6.69. The van der Waals surface area contributed by atoms with Crippen molar-refractivity contribution in [3.05, 3.63) is 42.0 Å². The van der Waals surface area contributed by atoms with Gasteiger partial charge >= 0.3 is 0 Å². The van der Waals surface area contributed by atoms with Crippen LogP contribution in [0.4, 0.5) is 5.69 Å². The molecule has 0 spiro atoms. The third-order valence-electron chi connectivity index (χ3n) is 5.17. The van der Waals surface area contributed by atoms with Crippen molar-refractivity contribution in [1.29, 1.82) is 0 Å². The van der Waals surface area contributed by atoms with E-state index in [2.05, 4.69) is 11.4 Å². The minimum absolute atomic E-state index is 0.207. The van der Waals surface area contributed by atoms with Crippen molar-refractivity contribution in [3.63, 3.8) is 0 Å². The van der Waals surface area contributed by atoms with E-state index in [1.807, 2.05) is 53.9 Å². The average Bonchev–Trinajstić information content (AvgIpc) is 2.94. The maximum atomic E-state index is 12.5. The maximum Gasteiger partial charge on any atom is 0.244 e. The maximum absolute atomic E-state index is 12.5. The number of carbonyl (C=O) groups excluding carboxylic acids is 3. The average molecular weight is 403 g/mol. The first-order valence-corrected chi connectivity index (χ1v) is 11.4. The number of anilines is 1. The third kappa shape index (κ3) is 3.94. The molecule has 2 heterocycles. The standard InChI is InChI=1S/C20H22N2O3S2/c23-17(12-22-18(24)15-7-1-2-8-16(15)19(22)25)21-14-6-3-5-13(11-14)20-26-9-4-10-27-20/h1-3,5-6,11,15-16,20H,4,7-10,12H2,(H,21,23)/t15-,16-/m0/s1. The van der Waals surface area contributed by atoms with E-state index in [1.165, 1.54) is 12.0 Å². The molecule has 2 aliphatic heterocycles. The number of hydrogen-bond acceptors (Lipinski definition) is 5. The monoisotopic (exact) mass is 402 g/mol. The number of nitrogens with zero attached hydrogens (tertiary/aromatic N) is 1. The van der Waals surface area contributed by atoms with E-state index in [-0.39, 0.29) is 36.1 Å². The molecular formula is C20H22N2O3S2. The summed E-state index contributed by atoms with van der Waals surface area (Å²) in [7, 11) is 0. The quantitative estimate of drug-likeness (QED) is 0.617. The van der Waals surface area contributed by atoms with Crippen LogP contribution in [0.1, 0.15) is 29.4 Å². The first-order chi connectivity index (χ1) is 13.1. The van der Waals surface area contributed by atoms with Crippen molar-refractivity contribution in [3.8, 4) is 0 Å². The van der Waals surface area contributed by atoms with E-state index >= 15 is 0 Å². The Kier molecular flexibility index (Phi) is 5.59. The summed E-state index contributed by atoms with van der Waals surface area (Å²) in [6, 6.07) is 7.85. The van der Waals surface area contributed by atoms with Crippen molar-refractivity contribution in [2.75, 3.05) is 23.4 Å². The summed E-state index contributed by atoms with van der Waals surface area (Å²) in [5, 5.41) is 2.85. The highest BCUT2D eigenvalue weighted by Crippen LogP contribution is 2.44. The number of rotatable bonds is 4. The van der Waals surface area contributed by atoms with E-state index < -0.39 is 0 Å².